The fraction of sp³-hybridized carbons (Fsp3) is 0.600. The van der Waals surface area contributed by atoms with Crippen molar-refractivity contribution in [3.63, 3.8) is 0 Å². The van der Waals surface area contributed by atoms with Crippen LogP contribution in [0.25, 0.3) is 0 Å². The first-order valence-corrected chi connectivity index (χ1v) is 9.49. The normalized spacial score (nSPS) is 16.0. The van der Waals surface area contributed by atoms with Gasteiger partial charge in [-0.1, -0.05) is 6.07 Å². The number of benzene rings is 1. The molecule has 1 aromatic rings. The molecule has 1 aliphatic heterocycles. The van der Waals surface area contributed by atoms with Crippen LogP contribution in [0.5, 0.6) is 11.5 Å². The van der Waals surface area contributed by atoms with Crippen LogP contribution in [0.2, 0.25) is 0 Å². The van der Waals surface area contributed by atoms with Crippen molar-refractivity contribution < 1.29 is 19.0 Å². The van der Waals surface area contributed by atoms with E-state index in [1.165, 1.54) is 7.11 Å². The van der Waals surface area contributed by atoms with Crippen molar-refractivity contribution >= 4 is 35.9 Å². The quantitative estimate of drug-likeness (QED) is 0.266. The molecule has 0 bridgehead atoms. The number of guanidine groups is 1. The highest BCUT2D eigenvalue weighted by Crippen LogP contribution is 2.20. The number of nitrogens with one attached hydrogen (secondary N) is 1. The van der Waals surface area contributed by atoms with Gasteiger partial charge < -0.3 is 24.4 Å². The van der Waals surface area contributed by atoms with Crippen LogP contribution in [0.15, 0.2) is 29.3 Å². The Morgan fingerprint density at radius 1 is 1.29 bits per heavy atom. The Balaban J connectivity index is 0.00000392. The molecule has 1 aromatic carbocycles. The number of carbonyl (C=O) groups excluding carboxylic acids is 1. The van der Waals surface area contributed by atoms with E-state index < -0.39 is 0 Å². The topological polar surface area (TPSA) is 72.4 Å². The highest BCUT2D eigenvalue weighted by atomic mass is 127. The number of halogens is 1. The Labute approximate surface area is 184 Å². The predicted octanol–water partition coefficient (Wildman–Crippen LogP) is 2.93. The number of hydrogen-bond donors (Lipinski definition) is 1. The summed E-state index contributed by atoms with van der Waals surface area (Å²) in [7, 11) is 3.09. The number of rotatable bonds is 7. The molecule has 0 saturated carbocycles. The van der Waals surface area contributed by atoms with Gasteiger partial charge in [0.05, 0.1) is 26.7 Å². The summed E-state index contributed by atoms with van der Waals surface area (Å²) >= 11 is 0. The smallest absolute Gasteiger partial charge is 0.308 e. The lowest BCUT2D eigenvalue weighted by Gasteiger charge is -2.33. The molecule has 0 spiro atoms. The van der Waals surface area contributed by atoms with E-state index in [1.807, 2.05) is 38.1 Å². The number of ether oxygens (including phenoxy) is 3. The number of carbonyl (C=O) groups is 1. The summed E-state index contributed by atoms with van der Waals surface area (Å²) in [6.07, 6.45) is 1.50. The van der Waals surface area contributed by atoms with Gasteiger partial charge in [-0.05, 0) is 38.8 Å². The highest BCUT2D eigenvalue weighted by molar-refractivity contribution is 14.0. The van der Waals surface area contributed by atoms with Gasteiger partial charge in [0.2, 0.25) is 0 Å². The molecule has 1 atom stereocenters. The lowest BCUT2D eigenvalue weighted by Crippen LogP contribution is -2.47. The van der Waals surface area contributed by atoms with Gasteiger partial charge in [-0.15, -0.1) is 24.0 Å². The van der Waals surface area contributed by atoms with Crippen LogP contribution in [0.1, 0.15) is 26.7 Å². The Morgan fingerprint density at radius 3 is 2.57 bits per heavy atom. The van der Waals surface area contributed by atoms with Gasteiger partial charge in [0.15, 0.2) is 5.96 Å². The first-order valence-electron chi connectivity index (χ1n) is 9.49. The van der Waals surface area contributed by atoms with E-state index in [0.29, 0.717) is 6.54 Å². The number of likely N-dealkylation sites (tertiary alicyclic amines) is 1. The van der Waals surface area contributed by atoms with Gasteiger partial charge in [-0.2, -0.15) is 0 Å². The number of piperidine rings is 1. The molecule has 0 amide bonds. The summed E-state index contributed by atoms with van der Waals surface area (Å²) in [5, 5.41) is 3.33. The van der Waals surface area contributed by atoms with E-state index in [-0.39, 0.29) is 42.0 Å². The van der Waals surface area contributed by atoms with E-state index in [4.69, 9.17) is 19.2 Å². The van der Waals surface area contributed by atoms with Crippen LogP contribution in [-0.4, -0.2) is 63.3 Å². The van der Waals surface area contributed by atoms with Gasteiger partial charge in [-0.25, -0.2) is 4.99 Å². The minimum Gasteiger partial charge on any atom is -0.497 e. The molecule has 2 rings (SSSR count). The lowest BCUT2D eigenvalue weighted by molar-refractivity contribution is -0.146. The molecule has 0 radical (unpaired) electrons. The largest absolute Gasteiger partial charge is 0.497 e. The van der Waals surface area contributed by atoms with Crippen LogP contribution < -0.4 is 14.8 Å². The standard InChI is InChI=1S/C20H31N3O4.HI/c1-5-21-20(23-11-9-16(10-12-23)19(24)26-4)22-14-15(2)27-18-8-6-7-17(13-18)25-3;/h6-8,13,15-16H,5,9-12,14H2,1-4H3,(H,21,22);1H. The van der Waals surface area contributed by atoms with Gasteiger partial charge >= 0.3 is 5.97 Å². The van der Waals surface area contributed by atoms with Gasteiger partial charge in [0, 0.05) is 25.7 Å². The van der Waals surface area contributed by atoms with Crippen molar-refractivity contribution in [3.8, 4) is 11.5 Å². The Hall–Kier alpha value is -1.71. The third-order valence-corrected chi connectivity index (χ3v) is 4.54. The molecule has 28 heavy (non-hydrogen) atoms. The van der Waals surface area contributed by atoms with Crippen LogP contribution >= 0.6 is 24.0 Å². The second kappa shape index (κ2) is 12.7. The van der Waals surface area contributed by atoms with Gasteiger partial charge in [-0.3, -0.25) is 4.79 Å². The average Bonchev–Trinajstić information content (AvgIpc) is 2.70. The third-order valence-electron chi connectivity index (χ3n) is 4.54. The molecule has 1 saturated heterocycles. The van der Waals surface area contributed by atoms with E-state index in [0.717, 1.165) is 49.9 Å². The Morgan fingerprint density at radius 2 is 1.96 bits per heavy atom. The van der Waals surface area contributed by atoms with E-state index in [2.05, 4.69) is 10.2 Å². The second-order valence-corrected chi connectivity index (χ2v) is 6.59. The molecule has 7 nitrogen and oxygen atoms in total. The van der Waals surface area contributed by atoms with Crippen molar-refractivity contribution in [3.05, 3.63) is 24.3 Å². The average molecular weight is 505 g/mol. The molecule has 1 heterocycles. The molecule has 0 aromatic heterocycles. The van der Waals surface area contributed by atoms with Crippen molar-refractivity contribution in [2.45, 2.75) is 32.8 Å². The molecular weight excluding hydrogens is 473 g/mol. The number of esters is 1. The maximum absolute atomic E-state index is 11.7. The van der Waals surface area contributed by atoms with E-state index in [9.17, 15) is 4.79 Å². The fourth-order valence-electron chi connectivity index (χ4n) is 3.08. The molecule has 8 heteroatoms. The summed E-state index contributed by atoms with van der Waals surface area (Å²) in [6, 6.07) is 7.56. The maximum atomic E-state index is 11.7. The molecule has 1 aliphatic rings. The highest BCUT2D eigenvalue weighted by Gasteiger charge is 2.27. The van der Waals surface area contributed by atoms with Crippen LogP contribution in [0, 0.1) is 5.92 Å². The van der Waals surface area contributed by atoms with Crippen molar-refractivity contribution in [1.29, 1.82) is 0 Å². The summed E-state index contributed by atoms with van der Waals surface area (Å²) in [6.45, 7) is 6.95. The molecular formula is C20H32IN3O4. The van der Waals surface area contributed by atoms with Crippen LogP contribution in [-0.2, 0) is 9.53 Å². The SMILES string of the molecule is CCNC(=NCC(C)Oc1cccc(OC)c1)N1CCC(C(=O)OC)CC1.I. The van der Waals surface area contributed by atoms with Crippen LogP contribution in [0.3, 0.4) is 0 Å². The molecule has 0 aliphatic carbocycles. The summed E-state index contributed by atoms with van der Waals surface area (Å²) < 4.78 is 16.0. The monoisotopic (exact) mass is 505 g/mol. The Kier molecular flexibility index (Phi) is 11.0. The van der Waals surface area contributed by atoms with Crippen molar-refractivity contribution in [2.75, 3.05) is 40.4 Å². The number of nitrogens with zero attached hydrogens (tertiary/aromatic N) is 2. The minimum absolute atomic E-state index is 0. The van der Waals surface area contributed by atoms with E-state index in [1.54, 1.807) is 7.11 Å². The minimum atomic E-state index is -0.114. The van der Waals surface area contributed by atoms with E-state index >= 15 is 0 Å². The maximum Gasteiger partial charge on any atom is 0.308 e. The number of methoxy groups -OCH3 is 2. The van der Waals surface area contributed by atoms with Crippen molar-refractivity contribution in [1.82, 2.24) is 10.2 Å². The summed E-state index contributed by atoms with van der Waals surface area (Å²) in [5.41, 5.74) is 0. The molecule has 158 valence electrons. The summed E-state index contributed by atoms with van der Waals surface area (Å²) in [5.74, 6) is 2.27. The number of aliphatic imine (C=N–C) groups is 1. The van der Waals surface area contributed by atoms with Crippen LogP contribution in [0.4, 0.5) is 0 Å². The number of hydrogen-bond acceptors (Lipinski definition) is 5. The zero-order valence-electron chi connectivity index (χ0n) is 17.1. The first-order chi connectivity index (χ1) is 13.1. The molecule has 1 unspecified atom stereocenters. The summed E-state index contributed by atoms with van der Waals surface area (Å²) in [4.78, 5) is 18.6. The zero-order valence-corrected chi connectivity index (χ0v) is 19.5. The third kappa shape index (κ3) is 7.37. The predicted molar refractivity (Wildman–Crippen MR) is 121 cm³/mol. The van der Waals surface area contributed by atoms with Crippen molar-refractivity contribution in [2.24, 2.45) is 10.9 Å². The van der Waals surface area contributed by atoms with Gasteiger partial charge in [0.25, 0.3) is 0 Å². The van der Waals surface area contributed by atoms with Gasteiger partial charge in [0.1, 0.15) is 17.6 Å². The second-order valence-electron chi connectivity index (χ2n) is 6.59. The molecule has 1 fully saturated rings. The fourth-order valence-corrected chi connectivity index (χ4v) is 3.08. The Bertz CT molecular complexity index is 634. The first kappa shape index (κ1) is 24.3. The lowest BCUT2D eigenvalue weighted by atomic mass is 9.97. The zero-order chi connectivity index (χ0) is 19.6. The molecule has 1 N–H and O–H groups in total.